The van der Waals surface area contributed by atoms with E-state index in [-0.39, 0.29) is 12.6 Å². The fraction of sp³-hybridized carbons (Fsp3) is 0.417. The van der Waals surface area contributed by atoms with Crippen molar-refractivity contribution in [3.8, 4) is 0 Å². The minimum Gasteiger partial charge on any atom is -0.462 e. The first-order valence-electron chi connectivity index (χ1n) is 5.24. The number of rotatable bonds is 4. The van der Waals surface area contributed by atoms with E-state index in [1.165, 1.54) is 0 Å². The van der Waals surface area contributed by atoms with Crippen LogP contribution in [0.25, 0.3) is 0 Å². The van der Waals surface area contributed by atoms with Crippen molar-refractivity contribution in [3.05, 3.63) is 34.9 Å². The maximum absolute atomic E-state index is 11.4. The minimum atomic E-state index is -0.406. The van der Waals surface area contributed by atoms with Gasteiger partial charge in [-0.1, -0.05) is 6.07 Å². The van der Waals surface area contributed by atoms with Crippen LogP contribution in [0.15, 0.2) is 18.2 Å². The number of aliphatic hydroxyl groups is 1. The van der Waals surface area contributed by atoms with Crippen molar-refractivity contribution in [2.24, 2.45) is 5.73 Å². The molecule has 88 valence electrons. The molecule has 3 N–H and O–H groups in total. The molecule has 4 nitrogen and oxygen atoms in total. The van der Waals surface area contributed by atoms with Gasteiger partial charge in [-0.2, -0.15) is 0 Å². The summed E-state index contributed by atoms with van der Waals surface area (Å²) >= 11 is 0. The molecule has 0 aromatic heterocycles. The van der Waals surface area contributed by atoms with Crippen molar-refractivity contribution < 1.29 is 14.6 Å². The first-order valence-corrected chi connectivity index (χ1v) is 5.24. The Morgan fingerprint density at radius 1 is 1.56 bits per heavy atom. The summed E-state index contributed by atoms with van der Waals surface area (Å²) in [6, 6.07) is 4.73. The van der Waals surface area contributed by atoms with Crippen molar-refractivity contribution in [1.82, 2.24) is 0 Å². The number of esters is 1. The Morgan fingerprint density at radius 2 is 2.25 bits per heavy atom. The molecule has 16 heavy (non-hydrogen) atoms. The number of carbonyl (C=O) groups excluding carboxylic acids is 1. The maximum atomic E-state index is 11.4. The average molecular weight is 223 g/mol. The molecule has 1 aromatic carbocycles. The van der Waals surface area contributed by atoms with E-state index in [1.807, 2.05) is 6.92 Å². The molecule has 1 aromatic rings. The van der Waals surface area contributed by atoms with Crippen LogP contribution in [-0.2, 0) is 4.74 Å². The second-order valence-electron chi connectivity index (χ2n) is 3.58. The Balaban J connectivity index is 2.95. The molecule has 0 fully saturated rings. The van der Waals surface area contributed by atoms with E-state index in [1.54, 1.807) is 25.1 Å². The maximum Gasteiger partial charge on any atom is 0.338 e. The van der Waals surface area contributed by atoms with Crippen LogP contribution >= 0.6 is 0 Å². The molecule has 4 heteroatoms. The van der Waals surface area contributed by atoms with Gasteiger partial charge in [-0.15, -0.1) is 0 Å². The van der Waals surface area contributed by atoms with Gasteiger partial charge < -0.3 is 15.6 Å². The van der Waals surface area contributed by atoms with Crippen LogP contribution in [0.4, 0.5) is 0 Å². The van der Waals surface area contributed by atoms with E-state index in [0.717, 1.165) is 11.1 Å². The first-order chi connectivity index (χ1) is 7.60. The van der Waals surface area contributed by atoms with Crippen LogP contribution in [0.3, 0.4) is 0 Å². The van der Waals surface area contributed by atoms with Crippen LogP contribution in [0.1, 0.15) is 34.5 Å². The highest BCUT2D eigenvalue weighted by Gasteiger charge is 2.11. The van der Waals surface area contributed by atoms with E-state index in [4.69, 9.17) is 15.6 Å². The zero-order chi connectivity index (χ0) is 12.1. The largest absolute Gasteiger partial charge is 0.462 e. The molecule has 0 aliphatic carbocycles. The summed E-state index contributed by atoms with van der Waals surface area (Å²) < 4.78 is 4.89. The normalized spacial score (nSPS) is 12.2. The Morgan fingerprint density at radius 3 is 2.75 bits per heavy atom. The first kappa shape index (κ1) is 12.7. The summed E-state index contributed by atoms with van der Waals surface area (Å²) in [5, 5.41) is 8.96. The Kier molecular flexibility index (Phi) is 4.46. The van der Waals surface area contributed by atoms with Crippen molar-refractivity contribution in [3.63, 3.8) is 0 Å². The third kappa shape index (κ3) is 2.81. The molecule has 0 heterocycles. The molecule has 1 rings (SSSR count). The van der Waals surface area contributed by atoms with Gasteiger partial charge in [-0.05, 0) is 37.1 Å². The fourth-order valence-corrected chi connectivity index (χ4v) is 1.53. The van der Waals surface area contributed by atoms with Gasteiger partial charge in [0.2, 0.25) is 0 Å². The number of hydrogen-bond donors (Lipinski definition) is 2. The molecule has 0 saturated heterocycles. The van der Waals surface area contributed by atoms with Gasteiger partial charge in [0.05, 0.1) is 24.8 Å². The third-order valence-electron chi connectivity index (χ3n) is 2.38. The summed E-state index contributed by atoms with van der Waals surface area (Å²) in [5.74, 6) is -0.338. The van der Waals surface area contributed by atoms with E-state index < -0.39 is 6.04 Å². The van der Waals surface area contributed by atoms with Crippen LogP contribution < -0.4 is 5.73 Å². The van der Waals surface area contributed by atoms with Crippen LogP contribution in [0.2, 0.25) is 0 Å². The summed E-state index contributed by atoms with van der Waals surface area (Å²) in [4.78, 5) is 11.4. The molecule has 0 aliphatic heterocycles. The van der Waals surface area contributed by atoms with Crippen molar-refractivity contribution in [1.29, 1.82) is 0 Å². The number of ether oxygens (including phenoxy) is 1. The van der Waals surface area contributed by atoms with Gasteiger partial charge in [0.25, 0.3) is 0 Å². The summed E-state index contributed by atoms with van der Waals surface area (Å²) in [7, 11) is 0. The smallest absolute Gasteiger partial charge is 0.338 e. The molecule has 0 saturated carbocycles. The van der Waals surface area contributed by atoms with Gasteiger partial charge >= 0.3 is 5.97 Å². The molecular weight excluding hydrogens is 206 g/mol. The van der Waals surface area contributed by atoms with E-state index in [9.17, 15) is 4.79 Å². The van der Waals surface area contributed by atoms with E-state index in [0.29, 0.717) is 12.2 Å². The number of aryl methyl sites for hydroxylation is 1. The molecule has 0 aliphatic rings. The quantitative estimate of drug-likeness (QED) is 0.751. The highest BCUT2D eigenvalue weighted by Crippen LogP contribution is 2.17. The predicted octanol–water partition coefficient (Wildman–Crippen LogP) is 1.16. The highest BCUT2D eigenvalue weighted by atomic mass is 16.5. The fourth-order valence-electron chi connectivity index (χ4n) is 1.53. The average Bonchev–Trinajstić information content (AvgIpc) is 2.28. The third-order valence-corrected chi connectivity index (χ3v) is 2.38. The topological polar surface area (TPSA) is 72.5 Å². The SMILES string of the molecule is CCOC(=O)c1ccc([C@H](N)CO)c(C)c1. The van der Waals surface area contributed by atoms with Gasteiger partial charge in [0.1, 0.15) is 0 Å². The lowest BCUT2D eigenvalue weighted by molar-refractivity contribution is 0.0526. The second-order valence-corrected chi connectivity index (χ2v) is 3.58. The zero-order valence-corrected chi connectivity index (χ0v) is 9.56. The molecular formula is C12H17NO3. The van der Waals surface area contributed by atoms with Crippen molar-refractivity contribution in [2.45, 2.75) is 19.9 Å². The second kappa shape index (κ2) is 5.63. The van der Waals surface area contributed by atoms with Crippen LogP contribution in [0, 0.1) is 6.92 Å². The van der Waals surface area contributed by atoms with E-state index >= 15 is 0 Å². The number of nitrogens with two attached hydrogens (primary N) is 1. The summed E-state index contributed by atoms with van der Waals surface area (Å²) in [6.45, 7) is 3.86. The molecule has 1 atom stereocenters. The minimum absolute atomic E-state index is 0.112. The standard InChI is InChI=1S/C12H17NO3/c1-3-16-12(15)9-4-5-10(8(2)6-9)11(13)7-14/h4-6,11,14H,3,7,13H2,1-2H3/t11-/m1/s1. The monoisotopic (exact) mass is 223 g/mol. The zero-order valence-electron chi connectivity index (χ0n) is 9.56. The summed E-state index contributed by atoms with van der Waals surface area (Å²) in [5.41, 5.74) is 7.95. The Hall–Kier alpha value is -1.39. The predicted molar refractivity (Wildman–Crippen MR) is 61.1 cm³/mol. The lowest BCUT2D eigenvalue weighted by Crippen LogP contribution is -2.16. The van der Waals surface area contributed by atoms with Crippen LogP contribution in [0.5, 0.6) is 0 Å². The van der Waals surface area contributed by atoms with Crippen molar-refractivity contribution >= 4 is 5.97 Å². The van der Waals surface area contributed by atoms with E-state index in [2.05, 4.69) is 0 Å². The number of hydrogen-bond acceptors (Lipinski definition) is 4. The van der Waals surface area contributed by atoms with Gasteiger partial charge in [0, 0.05) is 0 Å². The number of benzene rings is 1. The molecule has 0 amide bonds. The number of aliphatic hydroxyl groups excluding tert-OH is 1. The molecule has 0 bridgehead atoms. The number of carbonyl (C=O) groups is 1. The lowest BCUT2D eigenvalue weighted by Gasteiger charge is -2.12. The van der Waals surface area contributed by atoms with Gasteiger partial charge in [0.15, 0.2) is 0 Å². The molecule has 0 spiro atoms. The van der Waals surface area contributed by atoms with Gasteiger partial charge in [-0.3, -0.25) is 0 Å². The highest BCUT2D eigenvalue weighted by molar-refractivity contribution is 5.89. The summed E-state index contributed by atoms with van der Waals surface area (Å²) in [6.07, 6.45) is 0. The molecule has 0 unspecified atom stereocenters. The molecule has 0 radical (unpaired) electrons. The Labute approximate surface area is 95.0 Å². The van der Waals surface area contributed by atoms with Crippen molar-refractivity contribution in [2.75, 3.05) is 13.2 Å². The van der Waals surface area contributed by atoms with Crippen LogP contribution in [-0.4, -0.2) is 24.3 Å². The van der Waals surface area contributed by atoms with Gasteiger partial charge in [-0.25, -0.2) is 4.79 Å². The Bertz CT molecular complexity index is 377. The lowest BCUT2D eigenvalue weighted by atomic mass is 10.00.